The summed E-state index contributed by atoms with van der Waals surface area (Å²) >= 11 is 5.48. The Morgan fingerprint density at radius 3 is 2.45 bits per heavy atom. The SMILES string of the molecule is C/C(=N\C(C(=O)N1CCC[C@@H]1C)C(=S)c1cnc(NC2CCCC2)cc1C(F)(F)F)C(=O)NCC(C)(C)O. The number of hydrogen-bond donors (Lipinski definition) is 3. The minimum atomic E-state index is -4.76. The molecule has 1 saturated carbocycles. The second kappa shape index (κ2) is 12.1. The molecule has 1 aromatic heterocycles. The Morgan fingerprint density at radius 2 is 1.89 bits per heavy atom. The van der Waals surface area contributed by atoms with E-state index in [4.69, 9.17) is 12.2 Å². The number of carbonyl (C=O) groups is 2. The number of thiocarbonyl (C=S) groups is 1. The molecule has 1 saturated heterocycles. The van der Waals surface area contributed by atoms with Crippen molar-refractivity contribution in [1.82, 2.24) is 15.2 Å². The number of halogens is 3. The summed E-state index contributed by atoms with van der Waals surface area (Å²) in [5.41, 5.74) is -2.75. The first kappa shape index (κ1) is 29.9. The van der Waals surface area contributed by atoms with Crippen LogP contribution in [0.4, 0.5) is 19.0 Å². The number of nitrogens with one attached hydrogen (secondary N) is 2. The van der Waals surface area contributed by atoms with Gasteiger partial charge in [-0.15, -0.1) is 0 Å². The van der Waals surface area contributed by atoms with Gasteiger partial charge in [0.15, 0.2) is 6.04 Å². The summed E-state index contributed by atoms with van der Waals surface area (Å²) in [7, 11) is 0. The third kappa shape index (κ3) is 7.72. The van der Waals surface area contributed by atoms with Gasteiger partial charge < -0.3 is 20.6 Å². The van der Waals surface area contributed by atoms with E-state index in [2.05, 4.69) is 20.6 Å². The summed E-state index contributed by atoms with van der Waals surface area (Å²) < 4.78 is 42.6. The zero-order valence-electron chi connectivity index (χ0n) is 22.2. The first-order valence-electron chi connectivity index (χ1n) is 12.9. The molecule has 8 nitrogen and oxygen atoms in total. The molecule has 0 bridgehead atoms. The third-order valence-electron chi connectivity index (χ3n) is 6.83. The minimum Gasteiger partial charge on any atom is -0.389 e. The van der Waals surface area contributed by atoms with Crippen molar-refractivity contribution in [3.63, 3.8) is 0 Å². The fourth-order valence-electron chi connectivity index (χ4n) is 4.71. The van der Waals surface area contributed by atoms with Crippen LogP contribution in [0, 0.1) is 0 Å². The van der Waals surface area contributed by atoms with E-state index in [1.165, 1.54) is 20.8 Å². The summed E-state index contributed by atoms with van der Waals surface area (Å²) in [6, 6.07) is -0.672. The maximum absolute atomic E-state index is 14.2. The van der Waals surface area contributed by atoms with E-state index < -0.39 is 40.8 Å². The van der Waals surface area contributed by atoms with Crippen molar-refractivity contribution in [3.05, 3.63) is 23.4 Å². The fourth-order valence-corrected chi connectivity index (χ4v) is 5.03. The molecule has 2 atom stereocenters. The highest BCUT2D eigenvalue weighted by molar-refractivity contribution is 7.81. The van der Waals surface area contributed by atoms with E-state index in [-0.39, 0.29) is 35.0 Å². The molecule has 1 aliphatic heterocycles. The Balaban J connectivity index is 1.98. The molecule has 3 N–H and O–H groups in total. The van der Waals surface area contributed by atoms with E-state index >= 15 is 0 Å². The van der Waals surface area contributed by atoms with Crippen LogP contribution in [-0.2, 0) is 15.8 Å². The van der Waals surface area contributed by atoms with Gasteiger partial charge in [0, 0.05) is 36.9 Å². The second-order valence-electron chi connectivity index (χ2n) is 10.7. The fraction of sp³-hybridized carbons (Fsp3) is 0.654. The smallest absolute Gasteiger partial charge is 0.389 e. The number of hydrogen-bond acceptors (Lipinski definition) is 7. The van der Waals surface area contributed by atoms with Gasteiger partial charge in [0.25, 0.3) is 11.8 Å². The summed E-state index contributed by atoms with van der Waals surface area (Å²) in [6.45, 7) is 6.56. The zero-order valence-corrected chi connectivity index (χ0v) is 23.0. The molecule has 2 fully saturated rings. The number of alkyl halides is 3. The van der Waals surface area contributed by atoms with Gasteiger partial charge >= 0.3 is 6.18 Å². The van der Waals surface area contributed by atoms with Gasteiger partial charge in [-0.1, -0.05) is 25.1 Å². The van der Waals surface area contributed by atoms with Crippen molar-refractivity contribution < 1.29 is 27.9 Å². The molecule has 2 amide bonds. The van der Waals surface area contributed by atoms with Gasteiger partial charge in [-0.3, -0.25) is 14.6 Å². The van der Waals surface area contributed by atoms with Gasteiger partial charge in [0.2, 0.25) is 0 Å². The molecule has 0 radical (unpaired) electrons. The number of nitrogens with zero attached hydrogens (tertiary/aromatic N) is 3. The summed E-state index contributed by atoms with van der Waals surface area (Å²) in [5.74, 6) is -1.12. The van der Waals surface area contributed by atoms with Crippen LogP contribution in [0.25, 0.3) is 0 Å². The Hall–Kier alpha value is -2.60. The van der Waals surface area contributed by atoms with Gasteiger partial charge in [0.05, 0.1) is 21.7 Å². The summed E-state index contributed by atoms with van der Waals surface area (Å²) in [6.07, 6.45) is 1.50. The van der Waals surface area contributed by atoms with Crippen LogP contribution < -0.4 is 10.6 Å². The molecule has 1 aromatic rings. The van der Waals surface area contributed by atoms with Crippen LogP contribution in [0.3, 0.4) is 0 Å². The lowest BCUT2D eigenvalue weighted by Crippen LogP contribution is -2.45. The van der Waals surface area contributed by atoms with E-state index in [0.29, 0.717) is 6.54 Å². The minimum absolute atomic E-state index is 0.0574. The van der Waals surface area contributed by atoms with Crippen molar-refractivity contribution >= 4 is 40.4 Å². The molecule has 0 spiro atoms. The lowest BCUT2D eigenvalue weighted by Gasteiger charge is -2.27. The van der Waals surface area contributed by atoms with Crippen LogP contribution in [0.1, 0.15) is 77.3 Å². The maximum atomic E-state index is 14.2. The highest BCUT2D eigenvalue weighted by Gasteiger charge is 2.40. The predicted molar refractivity (Wildman–Crippen MR) is 143 cm³/mol. The first-order valence-corrected chi connectivity index (χ1v) is 13.3. The van der Waals surface area contributed by atoms with Crippen LogP contribution in [0.5, 0.6) is 0 Å². The number of pyridine rings is 1. The lowest BCUT2D eigenvalue weighted by molar-refractivity contribution is -0.138. The van der Waals surface area contributed by atoms with E-state index in [1.807, 2.05) is 6.92 Å². The van der Waals surface area contributed by atoms with Crippen LogP contribution in [-0.4, -0.2) is 74.2 Å². The van der Waals surface area contributed by atoms with Crippen molar-refractivity contribution in [1.29, 1.82) is 0 Å². The Morgan fingerprint density at radius 1 is 1.24 bits per heavy atom. The van der Waals surface area contributed by atoms with Gasteiger partial charge in [-0.2, -0.15) is 13.2 Å². The molecule has 0 aromatic carbocycles. The van der Waals surface area contributed by atoms with Gasteiger partial charge in [-0.25, -0.2) is 4.98 Å². The number of rotatable bonds is 9. The van der Waals surface area contributed by atoms with Crippen molar-refractivity contribution in [2.75, 3.05) is 18.4 Å². The third-order valence-corrected chi connectivity index (χ3v) is 7.28. The number of aromatic nitrogens is 1. The van der Waals surface area contributed by atoms with E-state index in [1.54, 1.807) is 4.90 Å². The second-order valence-corrected chi connectivity index (χ2v) is 11.2. The molecule has 3 rings (SSSR count). The van der Waals surface area contributed by atoms with Crippen LogP contribution in [0.15, 0.2) is 17.3 Å². The maximum Gasteiger partial charge on any atom is 0.417 e. The molecule has 210 valence electrons. The van der Waals surface area contributed by atoms with Gasteiger partial charge in [0.1, 0.15) is 5.82 Å². The topological polar surface area (TPSA) is 107 Å². The molecule has 1 aliphatic carbocycles. The van der Waals surface area contributed by atoms with Crippen LogP contribution >= 0.6 is 12.2 Å². The van der Waals surface area contributed by atoms with Crippen molar-refractivity contribution in [2.45, 2.75) is 96.1 Å². The quantitative estimate of drug-likeness (QED) is 0.242. The monoisotopic (exact) mass is 555 g/mol. The van der Waals surface area contributed by atoms with E-state index in [0.717, 1.165) is 50.8 Å². The molecule has 2 heterocycles. The number of anilines is 1. The van der Waals surface area contributed by atoms with Crippen LogP contribution in [0.2, 0.25) is 0 Å². The molecule has 38 heavy (non-hydrogen) atoms. The average molecular weight is 556 g/mol. The van der Waals surface area contributed by atoms with Gasteiger partial charge in [-0.05, 0) is 59.4 Å². The van der Waals surface area contributed by atoms with E-state index in [9.17, 15) is 27.9 Å². The first-order chi connectivity index (χ1) is 17.7. The number of likely N-dealkylation sites (tertiary alicyclic amines) is 1. The molecule has 1 unspecified atom stereocenters. The summed E-state index contributed by atoms with van der Waals surface area (Å²) in [5, 5.41) is 15.5. The molecular weight excluding hydrogens is 519 g/mol. The largest absolute Gasteiger partial charge is 0.417 e. The number of aliphatic imine (C=N–C) groups is 1. The number of amides is 2. The molecule has 12 heteroatoms. The number of carbonyl (C=O) groups excluding carboxylic acids is 2. The number of aliphatic hydroxyl groups is 1. The van der Waals surface area contributed by atoms with Crippen molar-refractivity contribution in [2.24, 2.45) is 4.99 Å². The highest BCUT2D eigenvalue weighted by Crippen LogP contribution is 2.35. The van der Waals surface area contributed by atoms with Crippen molar-refractivity contribution in [3.8, 4) is 0 Å². The molecule has 2 aliphatic rings. The zero-order chi connectivity index (χ0) is 28.3. The molecular formula is C26H36F3N5O3S. The Labute approximate surface area is 226 Å². The Bertz CT molecular complexity index is 1080. The average Bonchev–Trinajstić information content (AvgIpc) is 3.50. The predicted octanol–water partition coefficient (Wildman–Crippen LogP) is 3.90. The standard InChI is InChI=1S/C26H36F3N5O3S/c1-15-8-7-11-34(15)24(36)21(32-16(2)23(35)31-14-25(3,4)37)22(38)18-13-30-20(12-19(18)26(27,28)29)33-17-9-5-6-10-17/h12-13,15,17,21,37H,5-11,14H2,1-4H3,(H,30,33)(H,31,35)/b32-16+/t15-,21?/m0/s1. The highest BCUT2D eigenvalue weighted by atomic mass is 32.1. The Kier molecular flexibility index (Phi) is 9.51. The normalized spacial score (nSPS) is 19.9. The summed E-state index contributed by atoms with van der Waals surface area (Å²) in [4.78, 5) is 35.8. The lowest BCUT2D eigenvalue weighted by atomic mass is 10.00.